The molecule has 0 atom stereocenters. The number of aromatic nitrogens is 1. The lowest BCUT2D eigenvalue weighted by Gasteiger charge is -2.24. The number of benzene rings is 2. The number of rotatable bonds is 7. The zero-order valence-corrected chi connectivity index (χ0v) is 19.0. The van der Waals surface area contributed by atoms with Gasteiger partial charge in [0.1, 0.15) is 18.0 Å². The number of halogens is 1. The Morgan fingerprint density at radius 2 is 1.84 bits per heavy atom. The zero-order valence-electron chi connectivity index (χ0n) is 17.5. The summed E-state index contributed by atoms with van der Waals surface area (Å²) in [7, 11) is -2.64. The summed E-state index contributed by atoms with van der Waals surface area (Å²) < 4.78 is 38.1. The average molecular weight is 464 g/mol. The van der Waals surface area contributed by atoms with Crippen molar-refractivity contribution in [1.82, 2.24) is 5.16 Å². The van der Waals surface area contributed by atoms with E-state index in [0.717, 1.165) is 9.87 Å². The molecular weight excluding hydrogens is 442 g/mol. The number of aryl methyl sites for hydroxylation is 3. The van der Waals surface area contributed by atoms with Crippen molar-refractivity contribution < 1.29 is 22.5 Å². The number of hydrogen-bond donors (Lipinski definition) is 1. The van der Waals surface area contributed by atoms with Gasteiger partial charge >= 0.3 is 0 Å². The molecule has 0 fully saturated rings. The second kappa shape index (κ2) is 8.99. The fraction of sp³-hybridized carbons (Fsp3) is 0.238. The lowest BCUT2D eigenvalue weighted by Crippen LogP contribution is -2.38. The normalized spacial score (nSPS) is 11.3. The largest absolute Gasteiger partial charge is 0.495 e. The molecule has 0 saturated heterocycles. The van der Waals surface area contributed by atoms with E-state index in [4.69, 9.17) is 20.9 Å². The number of anilines is 2. The van der Waals surface area contributed by atoms with Gasteiger partial charge in [-0.15, -0.1) is 0 Å². The monoisotopic (exact) mass is 463 g/mol. The highest BCUT2D eigenvalue weighted by molar-refractivity contribution is 7.93. The molecule has 31 heavy (non-hydrogen) atoms. The summed E-state index contributed by atoms with van der Waals surface area (Å²) in [5, 5.41) is 6.72. The quantitative estimate of drug-likeness (QED) is 0.566. The number of hydrogen-bond acceptors (Lipinski definition) is 6. The molecule has 1 N–H and O–H groups in total. The van der Waals surface area contributed by atoms with Crippen molar-refractivity contribution in [3.05, 3.63) is 64.5 Å². The van der Waals surface area contributed by atoms with E-state index in [-0.39, 0.29) is 16.3 Å². The van der Waals surface area contributed by atoms with E-state index in [0.29, 0.717) is 22.1 Å². The maximum Gasteiger partial charge on any atom is 0.270 e. The van der Waals surface area contributed by atoms with E-state index in [1.165, 1.54) is 27.0 Å². The molecule has 3 rings (SSSR count). The van der Waals surface area contributed by atoms with E-state index in [1.54, 1.807) is 36.4 Å². The number of carbonyl (C=O) groups is 1. The van der Waals surface area contributed by atoms with Crippen LogP contribution >= 0.6 is 11.6 Å². The number of nitrogens with one attached hydrogen (secondary N) is 1. The minimum atomic E-state index is -4.12. The highest BCUT2D eigenvalue weighted by Crippen LogP contribution is 2.29. The Morgan fingerprint density at radius 1 is 1.16 bits per heavy atom. The van der Waals surface area contributed by atoms with E-state index >= 15 is 0 Å². The summed E-state index contributed by atoms with van der Waals surface area (Å²) in [5.74, 6) is 0.0658. The topological polar surface area (TPSA) is 102 Å². The first-order chi connectivity index (χ1) is 14.6. The van der Waals surface area contributed by atoms with Crippen molar-refractivity contribution in [2.75, 3.05) is 23.3 Å². The van der Waals surface area contributed by atoms with E-state index in [9.17, 15) is 13.2 Å². The van der Waals surface area contributed by atoms with Crippen LogP contribution in [0.2, 0.25) is 5.02 Å². The molecule has 1 amide bonds. The molecule has 8 nitrogen and oxygen atoms in total. The van der Waals surface area contributed by atoms with Crippen LogP contribution in [-0.2, 0) is 14.8 Å². The molecule has 0 radical (unpaired) electrons. The van der Waals surface area contributed by atoms with E-state index < -0.39 is 22.5 Å². The maximum absolute atomic E-state index is 13.5. The highest BCUT2D eigenvalue weighted by atomic mass is 35.5. The Morgan fingerprint density at radius 3 is 2.39 bits per heavy atom. The molecular formula is C21H22ClN3O5S. The van der Waals surface area contributed by atoms with Gasteiger partial charge in [0.2, 0.25) is 5.91 Å². The fourth-order valence-corrected chi connectivity index (χ4v) is 5.03. The van der Waals surface area contributed by atoms with E-state index in [1.807, 2.05) is 6.92 Å². The maximum atomic E-state index is 13.5. The van der Waals surface area contributed by atoms with Crippen LogP contribution in [0, 0.1) is 20.8 Å². The number of methoxy groups -OCH3 is 1. The number of ether oxygens (including phenoxy) is 1. The second-order valence-electron chi connectivity index (χ2n) is 6.90. The summed E-state index contributed by atoms with van der Waals surface area (Å²) in [6.45, 7) is 4.48. The molecule has 0 spiro atoms. The van der Waals surface area contributed by atoms with Gasteiger partial charge in [-0.3, -0.25) is 9.10 Å². The summed E-state index contributed by atoms with van der Waals surface area (Å²) in [5.41, 5.74) is 1.93. The lowest BCUT2D eigenvalue weighted by atomic mass is 10.2. The van der Waals surface area contributed by atoms with Gasteiger partial charge in [-0.05, 0) is 51.1 Å². The molecule has 0 aliphatic carbocycles. The van der Waals surface area contributed by atoms with Crippen LogP contribution in [0.3, 0.4) is 0 Å². The van der Waals surface area contributed by atoms with Gasteiger partial charge in [0.15, 0.2) is 10.7 Å². The SMILES string of the molecule is COc1ccc(NC(=O)CN(c2ccc(C)cc2)S(=O)(=O)c2c(C)noc2C)cc1Cl. The number of amides is 1. The molecule has 0 unspecified atom stereocenters. The molecule has 0 aliphatic rings. The average Bonchev–Trinajstić information content (AvgIpc) is 3.06. The molecule has 3 aromatic rings. The van der Waals surface area contributed by atoms with Crippen molar-refractivity contribution >= 4 is 38.9 Å². The predicted octanol–water partition coefficient (Wildman–Crippen LogP) is 4.10. The summed E-state index contributed by atoms with van der Waals surface area (Å²) in [6, 6.07) is 11.6. The van der Waals surface area contributed by atoms with Crippen molar-refractivity contribution in [2.45, 2.75) is 25.7 Å². The van der Waals surface area contributed by atoms with Crippen LogP contribution in [0.5, 0.6) is 5.75 Å². The third-order valence-electron chi connectivity index (χ3n) is 4.56. The van der Waals surface area contributed by atoms with Crippen LogP contribution in [0.15, 0.2) is 51.9 Å². The van der Waals surface area contributed by atoms with Gasteiger partial charge in [-0.2, -0.15) is 0 Å². The summed E-state index contributed by atoms with van der Waals surface area (Å²) in [4.78, 5) is 12.7. The molecule has 10 heteroatoms. The smallest absolute Gasteiger partial charge is 0.270 e. The Bertz CT molecular complexity index is 1190. The van der Waals surface area contributed by atoms with Crippen molar-refractivity contribution in [1.29, 1.82) is 0 Å². The molecule has 1 heterocycles. The Balaban J connectivity index is 1.94. The van der Waals surface area contributed by atoms with Crippen molar-refractivity contribution in [2.24, 2.45) is 0 Å². The molecule has 1 aromatic heterocycles. The Hall–Kier alpha value is -3.04. The third-order valence-corrected chi connectivity index (χ3v) is 6.88. The zero-order chi connectivity index (χ0) is 22.8. The number of sulfonamides is 1. The van der Waals surface area contributed by atoms with Crippen molar-refractivity contribution in [3.8, 4) is 5.75 Å². The van der Waals surface area contributed by atoms with Crippen LogP contribution < -0.4 is 14.4 Å². The van der Waals surface area contributed by atoms with Crippen molar-refractivity contribution in [3.63, 3.8) is 0 Å². The van der Waals surface area contributed by atoms with Gasteiger partial charge in [0, 0.05) is 5.69 Å². The van der Waals surface area contributed by atoms with Gasteiger partial charge in [0.05, 0.1) is 17.8 Å². The summed E-state index contributed by atoms with van der Waals surface area (Å²) >= 11 is 6.10. The van der Waals surface area contributed by atoms with Gasteiger partial charge < -0.3 is 14.6 Å². The van der Waals surface area contributed by atoms with E-state index in [2.05, 4.69) is 10.5 Å². The lowest BCUT2D eigenvalue weighted by molar-refractivity contribution is -0.114. The molecule has 0 aliphatic heterocycles. The fourth-order valence-electron chi connectivity index (χ4n) is 3.05. The third kappa shape index (κ3) is 4.83. The Labute approximate surface area is 185 Å². The predicted molar refractivity (Wildman–Crippen MR) is 118 cm³/mol. The highest BCUT2D eigenvalue weighted by Gasteiger charge is 2.32. The first kappa shape index (κ1) is 22.6. The second-order valence-corrected chi connectivity index (χ2v) is 9.10. The minimum Gasteiger partial charge on any atom is -0.495 e. The molecule has 2 aromatic carbocycles. The summed E-state index contributed by atoms with van der Waals surface area (Å²) in [6.07, 6.45) is 0. The van der Waals surface area contributed by atoms with Gasteiger partial charge in [0.25, 0.3) is 10.0 Å². The number of nitrogens with zero attached hydrogens (tertiary/aromatic N) is 2. The molecule has 0 bridgehead atoms. The molecule has 0 saturated carbocycles. The van der Waals surface area contributed by atoms with Gasteiger partial charge in [-0.1, -0.05) is 34.5 Å². The standard InChI is InChI=1S/C21H22ClN3O5S/c1-13-5-8-17(9-6-13)25(31(27,28)21-14(2)24-30-15(21)3)12-20(26)23-16-7-10-19(29-4)18(22)11-16/h5-11H,12H2,1-4H3,(H,23,26). The first-order valence-electron chi connectivity index (χ1n) is 9.29. The first-order valence-corrected chi connectivity index (χ1v) is 11.1. The number of carbonyl (C=O) groups excluding carboxylic acids is 1. The molecule has 164 valence electrons. The minimum absolute atomic E-state index is 0.0617. The van der Waals surface area contributed by atoms with Crippen LogP contribution in [-0.4, -0.2) is 33.1 Å². The van der Waals surface area contributed by atoms with Crippen LogP contribution in [0.4, 0.5) is 11.4 Å². The van der Waals surface area contributed by atoms with Crippen LogP contribution in [0.1, 0.15) is 17.0 Å². The van der Waals surface area contributed by atoms with Gasteiger partial charge in [-0.25, -0.2) is 8.42 Å². The Kier molecular flexibility index (Phi) is 6.56. The van der Waals surface area contributed by atoms with Crippen LogP contribution in [0.25, 0.3) is 0 Å².